The minimum Gasteiger partial charge on any atom is -0.328 e. The monoisotopic (exact) mass is 153 g/mol. The zero-order valence-corrected chi connectivity index (χ0v) is 7.33. The SMILES string of the molecule is Cc1nn(C)cc1C[C@H](C)N. The molecule has 2 N–H and O–H groups in total. The molecule has 0 saturated carbocycles. The molecule has 0 bridgehead atoms. The van der Waals surface area contributed by atoms with Gasteiger partial charge in [-0.1, -0.05) is 0 Å². The van der Waals surface area contributed by atoms with Crippen molar-refractivity contribution in [3.63, 3.8) is 0 Å². The van der Waals surface area contributed by atoms with Crippen LogP contribution in [0.5, 0.6) is 0 Å². The molecule has 0 aliphatic rings. The summed E-state index contributed by atoms with van der Waals surface area (Å²) in [6.45, 7) is 4.02. The first-order chi connectivity index (χ1) is 5.09. The zero-order valence-electron chi connectivity index (χ0n) is 7.33. The lowest BCUT2D eigenvalue weighted by Crippen LogP contribution is -2.17. The maximum absolute atomic E-state index is 5.67. The molecule has 1 rings (SSSR count). The summed E-state index contributed by atoms with van der Waals surface area (Å²) >= 11 is 0. The second kappa shape index (κ2) is 3.05. The van der Waals surface area contributed by atoms with Gasteiger partial charge in [-0.2, -0.15) is 5.10 Å². The lowest BCUT2D eigenvalue weighted by atomic mass is 10.1. The van der Waals surface area contributed by atoms with Gasteiger partial charge in [0.15, 0.2) is 0 Å². The van der Waals surface area contributed by atoms with E-state index in [1.54, 1.807) is 0 Å². The molecule has 0 unspecified atom stereocenters. The molecule has 1 heterocycles. The van der Waals surface area contributed by atoms with Crippen LogP contribution in [0.2, 0.25) is 0 Å². The van der Waals surface area contributed by atoms with Gasteiger partial charge in [-0.05, 0) is 25.8 Å². The molecule has 62 valence electrons. The first kappa shape index (κ1) is 8.27. The summed E-state index contributed by atoms with van der Waals surface area (Å²) in [5.41, 5.74) is 8.01. The number of rotatable bonds is 2. The summed E-state index contributed by atoms with van der Waals surface area (Å²) in [6, 6.07) is 0.220. The van der Waals surface area contributed by atoms with Gasteiger partial charge in [0.2, 0.25) is 0 Å². The Bertz CT molecular complexity index is 237. The Morgan fingerprint density at radius 3 is 2.73 bits per heavy atom. The molecule has 3 heteroatoms. The lowest BCUT2D eigenvalue weighted by Gasteiger charge is -2.01. The summed E-state index contributed by atoms with van der Waals surface area (Å²) < 4.78 is 1.83. The number of hydrogen-bond donors (Lipinski definition) is 1. The van der Waals surface area contributed by atoms with Gasteiger partial charge in [0, 0.05) is 19.3 Å². The van der Waals surface area contributed by atoms with Crippen molar-refractivity contribution >= 4 is 0 Å². The van der Waals surface area contributed by atoms with Gasteiger partial charge in [0.05, 0.1) is 5.69 Å². The number of hydrogen-bond acceptors (Lipinski definition) is 2. The van der Waals surface area contributed by atoms with E-state index >= 15 is 0 Å². The number of aryl methyl sites for hydroxylation is 2. The van der Waals surface area contributed by atoms with Crippen LogP contribution >= 0.6 is 0 Å². The van der Waals surface area contributed by atoms with Gasteiger partial charge in [-0.3, -0.25) is 4.68 Å². The fourth-order valence-electron chi connectivity index (χ4n) is 1.20. The topological polar surface area (TPSA) is 43.8 Å². The summed E-state index contributed by atoms with van der Waals surface area (Å²) in [7, 11) is 1.93. The van der Waals surface area contributed by atoms with Crippen LogP contribution in [0.25, 0.3) is 0 Å². The molecule has 0 amide bonds. The Balaban J connectivity index is 2.77. The van der Waals surface area contributed by atoms with Crippen LogP contribution in [0, 0.1) is 6.92 Å². The third-order valence-corrected chi connectivity index (χ3v) is 1.66. The van der Waals surface area contributed by atoms with Crippen molar-refractivity contribution in [2.75, 3.05) is 0 Å². The first-order valence-corrected chi connectivity index (χ1v) is 3.84. The Labute approximate surface area is 67.2 Å². The van der Waals surface area contributed by atoms with Crippen molar-refractivity contribution in [2.45, 2.75) is 26.3 Å². The first-order valence-electron chi connectivity index (χ1n) is 3.84. The maximum Gasteiger partial charge on any atom is 0.0626 e. The van der Waals surface area contributed by atoms with E-state index in [0.717, 1.165) is 12.1 Å². The van der Waals surface area contributed by atoms with Crippen LogP contribution in [0.15, 0.2) is 6.20 Å². The predicted molar refractivity (Wildman–Crippen MR) is 45.3 cm³/mol. The van der Waals surface area contributed by atoms with Gasteiger partial charge in [0.25, 0.3) is 0 Å². The highest BCUT2D eigenvalue weighted by Crippen LogP contribution is 2.06. The molecule has 1 atom stereocenters. The molecule has 3 nitrogen and oxygen atoms in total. The molecule has 11 heavy (non-hydrogen) atoms. The predicted octanol–water partition coefficient (Wildman–Crippen LogP) is 0.618. The fraction of sp³-hybridized carbons (Fsp3) is 0.625. The standard InChI is InChI=1S/C8H15N3/c1-6(9)4-8-5-11(3)10-7(8)2/h5-6H,4,9H2,1-3H3/t6-/m0/s1. The van der Waals surface area contributed by atoms with E-state index in [-0.39, 0.29) is 6.04 Å². The van der Waals surface area contributed by atoms with Crippen LogP contribution in [0.4, 0.5) is 0 Å². The summed E-state index contributed by atoms with van der Waals surface area (Å²) in [4.78, 5) is 0. The molecule has 1 aromatic rings. The highest BCUT2D eigenvalue weighted by molar-refractivity contribution is 5.16. The van der Waals surface area contributed by atoms with Crippen molar-refractivity contribution in [3.8, 4) is 0 Å². The van der Waals surface area contributed by atoms with Crippen LogP contribution in [0.1, 0.15) is 18.2 Å². The Morgan fingerprint density at radius 1 is 1.73 bits per heavy atom. The quantitative estimate of drug-likeness (QED) is 0.676. The number of aromatic nitrogens is 2. The van der Waals surface area contributed by atoms with Crippen LogP contribution in [0.3, 0.4) is 0 Å². The molecule has 0 aliphatic heterocycles. The summed E-state index contributed by atoms with van der Waals surface area (Å²) in [5, 5.41) is 4.23. The van der Waals surface area contributed by atoms with E-state index < -0.39 is 0 Å². The van der Waals surface area contributed by atoms with E-state index in [1.165, 1.54) is 5.56 Å². The van der Waals surface area contributed by atoms with Crippen molar-refractivity contribution in [1.82, 2.24) is 9.78 Å². The van der Waals surface area contributed by atoms with Crippen LogP contribution in [-0.2, 0) is 13.5 Å². The zero-order chi connectivity index (χ0) is 8.43. The van der Waals surface area contributed by atoms with E-state index in [1.807, 2.05) is 31.8 Å². The lowest BCUT2D eigenvalue weighted by molar-refractivity contribution is 0.733. The Kier molecular flexibility index (Phi) is 2.29. The highest BCUT2D eigenvalue weighted by Gasteiger charge is 2.04. The normalized spacial score (nSPS) is 13.5. The minimum atomic E-state index is 0.220. The van der Waals surface area contributed by atoms with Crippen molar-refractivity contribution < 1.29 is 0 Å². The molecule has 0 spiro atoms. The highest BCUT2D eigenvalue weighted by atomic mass is 15.2. The molecular formula is C8H15N3. The molecule has 0 saturated heterocycles. The van der Waals surface area contributed by atoms with Crippen molar-refractivity contribution in [3.05, 3.63) is 17.5 Å². The van der Waals surface area contributed by atoms with Gasteiger partial charge in [-0.25, -0.2) is 0 Å². The molecular weight excluding hydrogens is 138 g/mol. The minimum absolute atomic E-state index is 0.220. The second-order valence-corrected chi connectivity index (χ2v) is 3.09. The maximum atomic E-state index is 5.67. The summed E-state index contributed by atoms with van der Waals surface area (Å²) in [5.74, 6) is 0. The largest absolute Gasteiger partial charge is 0.328 e. The number of nitrogens with zero attached hydrogens (tertiary/aromatic N) is 2. The third-order valence-electron chi connectivity index (χ3n) is 1.66. The van der Waals surface area contributed by atoms with Crippen molar-refractivity contribution in [1.29, 1.82) is 0 Å². The second-order valence-electron chi connectivity index (χ2n) is 3.09. The Hall–Kier alpha value is -0.830. The molecule has 0 fully saturated rings. The number of nitrogens with two attached hydrogens (primary N) is 1. The van der Waals surface area contributed by atoms with E-state index in [4.69, 9.17) is 5.73 Å². The average Bonchev–Trinajstić information content (AvgIpc) is 2.09. The molecule has 1 aromatic heterocycles. The van der Waals surface area contributed by atoms with E-state index in [9.17, 15) is 0 Å². The molecule has 0 aromatic carbocycles. The van der Waals surface area contributed by atoms with E-state index in [0.29, 0.717) is 0 Å². The van der Waals surface area contributed by atoms with Crippen LogP contribution in [-0.4, -0.2) is 15.8 Å². The van der Waals surface area contributed by atoms with Crippen LogP contribution < -0.4 is 5.73 Å². The summed E-state index contributed by atoms with van der Waals surface area (Å²) in [6.07, 6.45) is 2.94. The van der Waals surface area contributed by atoms with E-state index in [2.05, 4.69) is 5.10 Å². The molecule has 0 aliphatic carbocycles. The van der Waals surface area contributed by atoms with Gasteiger partial charge >= 0.3 is 0 Å². The van der Waals surface area contributed by atoms with Gasteiger partial charge in [0.1, 0.15) is 0 Å². The average molecular weight is 153 g/mol. The fourth-order valence-corrected chi connectivity index (χ4v) is 1.20. The third kappa shape index (κ3) is 2.05. The smallest absolute Gasteiger partial charge is 0.0626 e. The Morgan fingerprint density at radius 2 is 2.36 bits per heavy atom. The van der Waals surface area contributed by atoms with Crippen molar-refractivity contribution in [2.24, 2.45) is 12.8 Å². The van der Waals surface area contributed by atoms with Gasteiger partial charge in [-0.15, -0.1) is 0 Å². The van der Waals surface area contributed by atoms with Gasteiger partial charge < -0.3 is 5.73 Å². The molecule has 0 radical (unpaired) electrons.